The van der Waals surface area contributed by atoms with Gasteiger partial charge in [-0.3, -0.25) is 0 Å². The predicted molar refractivity (Wildman–Crippen MR) is 17.3 cm³/mol. The van der Waals surface area contributed by atoms with Gasteiger partial charge in [-0.2, -0.15) is 5.10 Å². The highest BCUT2D eigenvalue weighted by molar-refractivity contribution is 4.65. The third kappa shape index (κ3) is 1.40. The standard InChI is InChI=1S/C3H4N2.HI/c1-2-4-5-3-1;/h1-3H,(H,4,5);1H. The molecule has 0 unspecified atom stereocenters. The van der Waals surface area contributed by atoms with Crippen molar-refractivity contribution in [1.29, 1.82) is 0 Å². The van der Waals surface area contributed by atoms with E-state index in [1.54, 1.807) is 0 Å². The maximum absolute atomic E-state index is 2.74. The number of halogens is 1. The van der Waals surface area contributed by atoms with Crippen molar-refractivity contribution in [2.45, 2.75) is 0 Å². The molecule has 0 radical (unpaired) electrons. The Hall–Kier alpha value is -0.0600. The van der Waals surface area contributed by atoms with Gasteiger partial charge in [-0.25, -0.2) is 0 Å². The molecule has 0 aliphatic rings. The lowest BCUT2D eigenvalue weighted by Crippen LogP contribution is -3.00. The van der Waals surface area contributed by atoms with Crippen LogP contribution in [0.2, 0.25) is 0 Å². The van der Waals surface area contributed by atoms with Gasteiger partial charge in [0.15, 0.2) is 6.20 Å². The Morgan fingerprint density at radius 2 is 2.33 bits per heavy atom. The highest BCUT2D eigenvalue weighted by atomic mass is 127. The minimum Gasteiger partial charge on any atom is -1.00 e. The van der Waals surface area contributed by atoms with Crippen molar-refractivity contribution in [2.75, 3.05) is 0 Å². The maximum atomic E-state index is 2.74. The number of H-pyrrole nitrogens is 2. The van der Waals surface area contributed by atoms with Crippen molar-refractivity contribution in [3.63, 3.8) is 0 Å². The first kappa shape index (κ1) is 5.94. The van der Waals surface area contributed by atoms with Gasteiger partial charge in [0.1, 0.15) is 0 Å². The molecular weight excluding hydrogens is 191 g/mol. The zero-order chi connectivity index (χ0) is 3.54. The molecule has 1 aromatic rings. The van der Waals surface area contributed by atoms with Crippen molar-refractivity contribution >= 4 is 0 Å². The van der Waals surface area contributed by atoms with Crippen molar-refractivity contribution in [3.8, 4) is 0 Å². The van der Waals surface area contributed by atoms with Crippen LogP contribution in [0, 0.1) is 0 Å². The fourth-order valence-corrected chi connectivity index (χ4v) is 0.241. The molecular formula is C3H5IN2. The van der Waals surface area contributed by atoms with Crippen molar-refractivity contribution in [1.82, 2.24) is 5.10 Å². The van der Waals surface area contributed by atoms with E-state index in [0.717, 1.165) is 0 Å². The van der Waals surface area contributed by atoms with Crippen molar-refractivity contribution < 1.29 is 29.1 Å². The molecule has 2 N–H and O–H groups in total. The van der Waals surface area contributed by atoms with E-state index in [-0.39, 0.29) is 24.0 Å². The lowest BCUT2D eigenvalue weighted by Gasteiger charge is -1.41. The van der Waals surface area contributed by atoms with E-state index in [4.69, 9.17) is 0 Å². The van der Waals surface area contributed by atoms with Crippen LogP contribution in [0.5, 0.6) is 0 Å². The number of hydrogen-bond acceptors (Lipinski definition) is 0. The number of rotatable bonds is 0. The molecule has 34 valence electrons. The third-order valence-corrected chi connectivity index (χ3v) is 0.442. The van der Waals surface area contributed by atoms with E-state index in [2.05, 4.69) is 10.2 Å². The van der Waals surface area contributed by atoms with Crippen LogP contribution in [0.3, 0.4) is 0 Å². The van der Waals surface area contributed by atoms with Gasteiger partial charge in [0.05, 0.1) is 6.20 Å². The Balaban J connectivity index is 0.000000250. The summed E-state index contributed by atoms with van der Waals surface area (Å²) in [5, 5.41) is 5.47. The fraction of sp³-hybridized carbons (Fsp3) is 0. The molecule has 1 heterocycles. The van der Waals surface area contributed by atoms with Gasteiger partial charge in [-0.05, 0) is 0 Å². The van der Waals surface area contributed by atoms with Gasteiger partial charge in [0.25, 0.3) is 0 Å². The summed E-state index contributed by atoms with van der Waals surface area (Å²) in [6, 6.07) is 1.89. The van der Waals surface area contributed by atoms with E-state index in [1.165, 1.54) is 0 Å². The molecule has 0 saturated carbocycles. The summed E-state index contributed by atoms with van der Waals surface area (Å²) in [6.45, 7) is 0. The van der Waals surface area contributed by atoms with E-state index >= 15 is 0 Å². The van der Waals surface area contributed by atoms with E-state index in [1.807, 2.05) is 18.5 Å². The normalized spacial score (nSPS) is 6.67. The average Bonchev–Trinajstić information content (AvgIpc) is 1.76. The lowest BCUT2D eigenvalue weighted by molar-refractivity contribution is -0.449. The number of aromatic amines is 2. The first-order valence-electron chi connectivity index (χ1n) is 1.49. The molecule has 0 bridgehead atoms. The first-order chi connectivity index (χ1) is 2.50. The SMILES string of the molecule is [I-].c1c[nH][nH+]c1. The van der Waals surface area contributed by atoms with Gasteiger partial charge in [0, 0.05) is 6.07 Å². The van der Waals surface area contributed by atoms with Crippen LogP contribution in [0.15, 0.2) is 18.5 Å². The second kappa shape index (κ2) is 3.14. The van der Waals surface area contributed by atoms with Crippen LogP contribution in [-0.4, -0.2) is 5.10 Å². The highest BCUT2D eigenvalue weighted by Gasteiger charge is 1.64. The number of hydrogen-bond donors (Lipinski definition) is 1. The molecule has 0 aliphatic heterocycles. The highest BCUT2D eigenvalue weighted by Crippen LogP contribution is 1.57. The quantitative estimate of drug-likeness (QED) is 0.424. The minimum atomic E-state index is 0. The molecule has 0 amide bonds. The molecule has 0 saturated heterocycles. The van der Waals surface area contributed by atoms with E-state index in [9.17, 15) is 0 Å². The Kier molecular flexibility index (Phi) is 3.11. The Morgan fingerprint density at radius 3 is 2.50 bits per heavy atom. The number of aromatic nitrogens is 2. The van der Waals surface area contributed by atoms with Gasteiger partial charge in [-0.15, -0.1) is 5.10 Å². The summed E-state index contributed by atoms with van der Waals surface area (Å²) in [7, 11) is 0. The second-order valence-corrected chi connectivity index (χ2v) is 0.814. The van der Waals surface area contributed by atoms with Crippen LogP contribution in [0.4, 0.5) is 0 Å². The Bertz CT molecular complexity index is 65.3. The van der Waals surface area contributed by atoms with Crippen LogP contribution in [0.1, 0.15) is 0 Å². The largest absolute Gasteiger partial charge is 1.00 e. The van der Waals surface area contributed by atoms with E-state index < -0.39 is 0 Å². The summed E-state index contributed by atoms with van der Waals surface area (Å²) < 4.78 is 0. The summed E-state index contributed by atoms with van der Waals surface area (Å²) in [4.78, 5) is 0. The molecule has 0 spiro atoms. The summed E-state index contributed by atoms with van der Waals surface area (Å²) >= 11 is 0. The molecule has 0 atom stereocenters. The third-order valence-electron chi connectivity index (χ3n) is 0.442. The molecule has 6 heavy (non-hydrogen) atoms. The second-order valence-electron chi connectivity index (χ2n) is 0.814. The molecule has 1 rings (SSSR count). The van der Waals surface area contributed by atoms with E-state index in [0.29, 0.717) is 0 Å². The minimum absolute atomic E-state index is 0. The Morgan fingerprint density at radius 1 is 1.50 bits per heavy atom. The molecule has 0 aliphatic carbocycles. The molecule has 3 heteroatoms. The summed E-state index contributed by atoms with van der Waals surface area (Å²) in [6.07, 6.45) is 3.64. The molecule has 2 nitrogen and oxygen atoms in total. The first-order valence-corrected chi connectivity index (χ1v) is 1.49. The molecule has 1 aromatic heterocycles. The maximum Gasteiger partial charge on any atom is 0.192 e. The topological polar surface area (TPSA) is 29.9 Å². The van der Waals surface area contributed by atoms with Crippen LogP contribution in [0.25, 0.3) is 0 Å². The Labute approximate surface area is 53.0 Å². The van der Waals surface area contributed by atoms with Crippen LogP contribution >= 0.6 is 0 Å². The average molecular weight is 196 g/mol. The smallest absolute Gasteiger partial charge is 0.192 e. The van der Waals surface area contributed by atoms with Crippen molar-refractivity contribution in [2.24, 2.45) is 0 Å². The molecule has 0 fully saturated rings. The van der Waals surface area contributed by atoms with Gasteiger partial charge >= 0.3 is 0 Å². The fourth-order valence-electron chi connectivity index (χ4n) is 0.241. The zero-order valence-electron chi connectivity index (χ0n) is 3.11. The monoisotopic (exact) mass is 196 g/mol. The van der Waals surface area contributed by atoms with Gasteiger partial charge in [0.2, 0.25) is 0 Å². The van der Waals surface area contributed by atoms with Gasteiger partial charge in [-0.1, -0.05) is 0 Å². The number of nitrogens with one attached hydrogen (secondary N) is 2. The van der Waals surface area contributed by atoms with Crippen molar-refractivity contribution in [3.05, 3.63) is 18.5 Å². The predicted octanol–water partition coefficient (Wildman–Crippen LogP) is -3.17. The van der Waals surface area contributed by atoms with Crippen LogP contribution in [-0.2, 0) is 0 Å². The lowest BCUT2D eigenvalue weighted by atomic mass is 10.8. The van der Waals surface area contributed by atoms with Gasteiger partial charge < -0.3 is 24.0 Å². The summed E-state index contributed by atoms with van der Waals surface area (Å²) in [5.74, 6) is 0. The molecule has 0 aromatic carbocycles. The van der Waals surface area contributed by atoms with Crippen LogP contribution < -0.4 is 29.1 Å². The summed E-state index contributed by atoms with van der Waals surface area (Å²) in [5.41, 5.74) is 0. The zero-order valence-corrected chi connectivity index (χ0v) is 5.27.